The predicted octanol–water partition coefficient (Wildman–Crippen LogP) is 3.12. The summed E-state index contributed by atoms with van der Waals surface area (Å²) in [7, 11) is 0. The number of nitrogens with two attached hydrogens (primary N) is 1. The lowest BCUT2D eigenvalue weighted by molar-refractivity contribution is -0.123. The number of hydrogen-bond donors (Lipinski definition) is 2. The molecule has 4 heteroatoms. The SMILES string of the molecule is CC(N)CCC(=O)NC1(c2ccccc2)CCCC1.Cl. The van der Waals surface area contributed by atoms with Crippen molar-refractivity contribution in [2.24, 2.45) is 5.73 Å². The molecule has 1 aliphatic carbocycles. The maximum atomic E-state index is 12.1. The van der Waals surface area contributed by atoms with Gasteiger partial charge in [0.15, 0.2) is 0 Å². The number of halogens is 1. The van der Waals surface area contributed by atoms with Crippen molar-refractivity contribution in [1.29, 1.82) is 0 Å². The van der Waals surface area contributed by atoms with Gasteiger partial charge < -0.3 is 11.1 Å². The molecule has 1 unspecified atom stereocenters. The average Bonchev–Trinajstić information content (AvgIpc) is 2.87. The summed E-state index contributed by atoms with van der Waals surface area (Å²) in [5, 5.41) is 3.27. The molecule has 1 atom stereocenters. The van der Waals surface area contributed by atoms with Gasteiger partial charge in [0.25, 0.3) is 0 Å². The van der Waals surface area contributed by atoms with E-state index in [0.29, 0.717) is 6.42 Å². The van der Waals surface area contributed by atoms with E-state index in [1.54, 1.807) is 0 Å². The third kappa shape index (κ3) is 4.22. The minimum Gasteiger partial charge on any atom is -0.347 e. The van der Waals surface area contributed by atoms with Gasteiger partial charge in [-0.15, -0.1) is 12.4 Å². The van der Waals surface area contributed by atoms with E-state index in [-0.39, 0.29) is 29.9 Å². The summed E-state index contributed by atoms with van der Waals surface area (Å²) in [6, 6.07) is 10.4. The van der Waals surface area contributed by atoms with Crippen molar-refractivity contribution in [1.82, 2.24) is 5.32 Å². The quantitative estimate of drug-likeness (QED) is 0.877. The highest BCUT2D eigenvalue weighted by Crippen LogP contribution is 2.38. The van der Waals surface area contributed by atoms with E-state index in [9.17, 15) is 4.79 Å². The molecule has 1 fully saturated rings. The largest absolute Gasteiger partial charge is 0.347 e. The summed E-state index contributed by atoms with van der Waals surface area (Å²) >= 11 is 0. The molecular weight excluding hydrogens is 272 g/mol. The Labute approximate surface area is 127 Å². The van der Waals surface area contributed by atoms with Gasteiger partial charge in [0.05, 0.1) is 5.54 Å². The van der Waals surface area contributed by atoms with Gasteiger partial charge in [-0.3, -0.25) is 4.79 Å². The van der Waals surface area contributed by atoms with E-state index >= 15 is 0 Å². The minimum atomic E-state index is -0.143. The molecule has 0 aliphatic heterocycles. The fourth-order valence-electron chi connectivity index (χ4n) is 2.91. The highest BCUT2D eigenvalue weighted by molar-refractivity contribution is 5.85. The molecule has 0 aromatic heterocycles. The molecule has 0 bridgehead atoms. The van der Waals surface area contributed by atoms with Crippen LogP contribution in [0.4, 0.5) is 0 Å². The van der Waals surface area contributed by atoms with Crippen LogP contribution in [0.2, 0.25) is 0 Å². The summed E-state index contributed by atoms with van der Waals surface area (Å²) < 4.78 is 0. The Morgan fingerprint density at radius 1 is 1.30 bits per heavy atom. The van der Waals surface area contributed by atoms with Crippen LogP contribution in [0.15, 0.2) is 30.3 Å². The van der Waals surface area contributed by atoms with Crippen LogP contribution in [0, 0.1) is 0 Å². The van der Waals surface area contributed by atoms with E-state index in [1.165, 1.54) is 18.4 Å². The highest BCUT2D eigenvalue weighted by Gasteiger charge is 2.36. The van der Waals surface area contributed by atoms with Crippen LogP contribution >= 0.6 is 12.4 Å². The summed E-state index contributed by atoms with van der Waals surface area (Å²) in [5.74, 6) is 0.128. The summed E-state index contributed by atoms with van der Waals surface area (Å²) in [6.45, 7) is 1.94. The summed E-state index contributed by atoms with van der Waals surface area (Å²) in [6.07, 6.45) is 5.72. The Hall–Kier alpha value is -1.06. The Morgan fingerprint density at radius 3 is 2.45 bits per heavy atom. The predicted molar refractivity (Wildman–Crippen MR) is 84.9 cm³/mol. The first-order valence-electron chi connectivity index (χ1n) is 7.24. The fraction of sp³-hybridized carbons (Fsp3) is 0.562. The Morgan fingerprint density at radius 2 is 1.90 bits per heavy atom. The van der Waals surface area contributed by atoms with Gasteiger partial charge in [0.2, 0.25) is 5.91 Å². The number of hydrogen-bond acceptors (Lipinski definition) is 2. The van der Waals surface area contributed by atoms with Crippen LogP contribution in [-0.2, 0) is 10.3 Å². The van der Waals surface area contributed by atoms with Crippen LogP contribution in [0.3, 0.4) is 0 Å². The molecule has 20 heavy (non-hydrogen) atoms. The van der Waals surface area contributed by atoms with Crippen molar-refractivity contribution < 1.29 is 4.79 Å². The van der Waals surface area contributed by atoms with Crippen molar-refractivity contribution >= 4 is 18.3 Å². The lowest BCUT2D eigenvalue weighted by Crippen LogP contribution is -2.44. The second-order valence-corrected chi connectivity index (χ2v) is 5.72. The zero-order valence-corrected chi connectivity index (χ0v) is 12.9. The van der Waals surface area contributed by atoms with Gasteiger partial charge in [-0.1, -0.05) is 43.2 Å². The second-order valence-electron chi connectivity index (χ2n) is 5.72. The summed E-state index contributed by atoms with van der Waals surface area (Å²) in [4.78, 5) is 12.1. The van der Waals surface area contributed by atoms with Crippen molar-refractivity contribution in [3.8, 4) is 0 Å². The third-order valence-electron chi connectivity index (χ3n) is 3.99. The van der Waals surface area contributed by atoms with Gasteiger partial charge >= 0.3 is 0 Å². The van der Waals surface area contributed by atoms with Crippen LogP contribution < -0.4 is 11.1 Å². The molecule has 0 heterocycles. The second kappa shape index (κ2) is 7.65. The standard InChI is InChI=1S/C16H24N2O.ClH/c1-13(17)9-10-15(19)18-16(11-5-6-12-16)14-7-3-2-4-8-14;/h2-4,7-8,13H,5-6,9-12,17H2,1H3,(H,18,19);1H. The molecule has 2 rings (SSSR count). The first-order chi connectivity index (χ1) is 9.12. The van der Waals surface area contributed by atoms with Gasteiger partial charge in [0, 0.05) is 12.5 Å². The van der Waals surface area contributed by atoms with Crippen LogP contribution in [0.5, 0.6) is 0 Å². The molecule has 1 aliphatic rings. The average molecular weight is 297 g/mol. The first kappa shape index (κ1) is 17.0. The van der Waals surface area contributed by atoms with E-state index in [1.807, 2.05) is 25.1 Å². The van der Waals surface area contributed by atoms with E-state index in [0.717, 1.165) is 19.3 Å². The van der Waals surface area contributed by atoms with Gasteiger partial charge in [0.1, 0.15) is 0 Å². The van der Waals surface area contributed by atoms with Crippen molar-refractivity contribution in [2.45, 2.75) is 57.0 Å². The normalized spacial score (nSPS) is 18.1. The number of nitrogens with one attached hydrogen (secondary N) is 1. The van der Waals surface area contributed by atoms with Crippen LogP contribution in [0.1, 0.15) is 51.0 Å². The highest BCUT2D eigenvalue weighted by atomic mass is 35.5. The van der Waals surface area contributed by atoms with Gasteiger partial charge in [-0.25, -0.2) is 0 Å². The molecule has 0 spiro atoms. The molecule has 3 nitrogen and oxygen atoms in total. The number of rotatable bonds is 5. The number of benzene rings is 1. The van der Waals surface area contributed by atoms with Crippen molar-refractivity contribution in [3.63, 3.8) is 0 Å². The Kier molecular flexibility index (Phi) is 6.50. The Bertz CT molecular complexity index is 414. The molecule has 112 valence electrons. The molecule has 1 aromatic carbocycles. The molecule has 1 aromatic rings. The fourth-order valence-corrected chi connectivity index (χ4v) is 2.91. The molecule has 1 amide bonds. The maximum Gasteiger partial charge on any atom is 0.220 e. The monoisotopic (exact) mass is 296 g/mol. The molecule has 3 N–H and O–H groups in total. The molecule has 0 saturated heterocycles. The smallest absolute Gasteiger partial charge is 0.220 e. The first-order valence-corrected chi connectivity index (χ1v) is 7.24. The van der Waals surface area contributed by atoms with E-state index in [2.05, 4.69) is 17.4 Å². The number of amides is 1. The maximum absolute atomic E-state index is 12.1. The Balaban J connectivity index is 0.00000200. The van der Waals surface area contributed by atoms with Gasteiger partial charge in [-0.2, -0.15) is 0 Å². The number of carbonyl (C=O) groups is 1. The van der Waals surface area contributed by atoms with E-state index in [4.69, 9.17) is 5.73 Å². The lowest BCUT2D eigenvalue weighted by atomic mass is 9.88. The van der Waals surface area contributed by atoms with E-state index < -0.39 is 0 Å². The third-order valence-corrected chi connectivity index (χ3v) is 3.99. The zero-order valence-electron chi connectivity index (χ0n) is 12.1. The lowest BCUT2D eigenvalue weighted by Gasteiger charge is -2.31. The van der Waals surface area contributed by atoms with Crippen LogP contribution in [0.25, 0.3) is 0 Å². The van der Waals surface area contributed by atoms with Gasteiger partial charge in [-0.05, 0) is 31.7 Å². The van der Waals surface area contributed by atoms with Crippen LogP contribution in [-0.4, -0.2) is 11.9 Å². The van der Waals surface area contributed by atoms with Crippen molar-refractivity contribution in [3.05, 3.63) is 35.9 Å². The molecule has 1 saturated carbocycles. The molecule has 0 radical (unpaired) electrons. The topological polar surface area (TPSA) is 55.1 Å². The summed E-state index contributed by atoms with van der Waals surface area (Å²) in [5.41, 5.74) is 6.81. The zero-order chi connectivity index (χ0) is 13.7. The molecular formula is C16H25ClN2O. The minimum absolute atomic E-state index is 0. The number of carbonyl (C=O) groups excluding carboxylic acids is 1. The van der Waals surface area contributed by atoms with Crippen molar-refractivity contribution in [2.75, 3.05) is 0 Å².